The van der Waals surface area contributed by atoms with Gasteiger partial charge in [0.15, 0.2) is 5.78 Å². The van der Waals surface area contributed by atoms with Crippen molar-refractivity contribution >= 4 is 23.4 Å². The minimum Gasteiger partial charge on any atom is -0.405 e. The molecule has 0 aliphatic rings. The highest BCUT2D eigenvalue weighted by atomic mass is 35.5. The maximum Gasteiger partial charge on any atom is 0.418 e. The number of hydrogen-bond acceptors (Lipinski definition) is 5. The number of benzene rings is 1. The summed E-state index contributed by atoms with van der Waals surface area (Å²) in [6.45, 7) is -0.654. The van der Waals surface area contributed by atoms with Gasteiger partial charge in [-0.05, 0) is 6.07 Å². The Hall–Kier alpha value is -2.66. The molecule has 0 spiro atoms. The predicted molar refractivity (Wildman–Crippen MR) is 88.2 cm³/mol. The van der Waals surface area contributed by atoms with Crippen molar-refractivity contribution < 1.29 is 40.7 Å². The van der Waals surface area contributed by atoms with Crippen LogP contribution in [0.2, 0.25) is 5.02 Å². The molecule has 0 saturated carbocycles. The van der Waals surface area contributed by atoms with Gasteiger partial charge in [-0.1, -0.05) is 29.8 Å². The number of carbonyl (C=O) groups excluding carboxylic acids is 2. The Morgan fingerprint density at radius 2 is 1.62 bits per heavy atom. The van der Waals surface area contributed by atoms with Crippen molar-refractivity contribution in [2.45, 2.75) is 25.3 Å². The minimum atomic E-state index is -4.83. The van der Waals surface area contributed by atoms with Crippen LogP contribution in [0, 0.1) is 0 Å². The molecular formula is C17H11ClF6N2O3. The molecule has 1 aromatic carbocycles. The van der Waals surface area contributed by atoms with Crippen molar-refractivity contribution in [3.05, 3.63) is 57.7 Å². The van der Waals surface area contributed by atoms with Crippen LogP contribution in [-0.2, 0) is 23.7 Å². The number of aromatic nitrogens is 1. The Labute approximate surface area is 164 Å². The van der Waals surface area contributed by atoms with Crippen LogP contribution in [0.25, 0.3) is 0 Å². The largest absolute Gasteiger partial charge is 0.418 e. The number of ketones is 1. The first-order valence-electron chi connectivity index (χ1n) is 7.71. The number of ether oxygens (including phenoxy) is 1. The molecule has 2 aromatic rings. The van der Waals surface area contributed by atoms with Crippen molar-refractivity contribution in [3.8, 4) is 5.88 Å². The van der Waals surface area contributed by atoms with E-state index in [2.05, 4.69) is 9.72 Å². The van der Waals surface area contributed by atoms with Gasteiger partial charge in [0.2, 0.25) is 5.88 Å². The van der Waals surface area contributed by atoms with E-state index in [4.69, 9.17) is 17.3 Å². The van der Waals surface area contributed by atoms with Crippen LogP contribution in [-0.4, -0.2) is 16.7 Å². The second-order valence-electron chi connectivity index (χ2n) is 5.59. The van der Waals surface area contributed by atoms with Crippen LogP contribution in [0.15, 0.2) is 30.5 Å². The van der Waals surface area contributed by atoms with Crippen LogP contribution in [0.3, 0.4) is 0 Å². The number of rotatable bonds is 5. The molecule has 0 atom stereocenters. The summed E-state index contributed by atoms with van der Waals surface area (Å²) in [5.74, 6) is -3.31. The second kappa shape index (κ2) is 8.37. The fraction of sp³-hybridized carbons (Fsp3) is 0.235. The lowest BCUT2D eigenvalue weighted by molar-refractivity contribution is -0.139. The van der Waals surface area contributed by atoms with Crippen molar-refractivity contribution in [2.24, 2.45) is 5.73 Å². The lowest BCUT2D eigenvalue weighted by atomic mass is 10.0. The van der Waals surface area contributed by atoms with E-state index in [1.807, 2.05) is 0 Å². The van der Waals surface area contributed by atoms with Crippen LogP contribution < -0.4 is 10.5 Å². The summed E-state index contributed by atoms with van der Waals surface area (Å²) >= 11 is 5.75. The second-order valence-corrected chi connectivity index (χ2v) is 5.97. The van der Waals surface area contributed by atoms with Gasteiger partial charge in [0.1, 0.15) is 11.4 Å². The molecule has 0 bridgehead atoms. The number of esters is 1. The molecule has 5 nitrogen and oxygen atoms in total. The normalized spacial score (nSPS) is 12.0. The van der Waals surface area contributed by atoms with Gasteiger partial charge in [-0.15, -0.1) is 0 Å². The van der Waals surface area contributed by atoms with Crippen LogP contribution in [0.4, 0.5) is 26.3 Å². The molecule has 12 heteroatoms. The van der Waals surface area contributed by atoms with Crippen LogP contribution in [0.5, 0.6) is 5.88 Å². The third-order valence-electron chi connectivity index (χ3n) is 3.65. The molecule has 0 amide bonds. The van der Waals surface area contributed by atoms with Gasteiger partial charge in [0.25, 0.3) is 0 Å². The molecule has 2 rings (SSSR count). The van der Waals surface area contributed by atoms with Gasteiger partial charge in [-0.2, -0.15) is 26.3 Å². The van der Waals surface area contributed by atoms with Crippen molar-refractivity contribution in [1.29, 1.82) is 0 Å². The van der Waals surface area contributed by atoms with E-state index in [0.717, 1.165) is 12.1 Å². The number of nitrogens with zero attached hydrogens (tertiary/aromatic N) is 1. The van der Waals surface area contributed by atoms with E-state index in [1.54, 1.807) is 0 Å². The zero-order chi connectivity index (χ0) is 22.0. The molecule has 0 saturated heterocycles. The fourth-order valence-electron chi connectivity index (χ4n) is 2.36. The predicted octanol–water partition coefficient (Wildman–Crippen LogP) is 4.41. The van der Waals surface area contributed by atoms with Crippen molar-refractivity contribution in [2.75, 3.05) is 0 Å². The van der Waals surface area contributed by atoms with Gasteiger partial charge in [-0.3, -0.25) is 9.59 Å². The fourth-order valence-corrected chi connectivity index (χ4v) is 2.63. The van der Waals surface area contributed by atoms with Gasteiger partial charge in [0, 0.05) is 23.9 Å². The Morgan fingerprint density at radius 1 is 1.03 bits per heavy atom. The topological polar surface area (TPSA) is 82.3 Å². The summed E-state index contributed by atoms with van der Waals surface area (Å²) in [4.78, 5) is 27.3. The maximum atomic E-state index is 13.0. The molecular weight excluding hydrogens is 430 g/mol. The first kappa shape index (κ1) is 22.6. The average molecular weight is 441 g/mol. The Bertz CT molecular complexity index is 944. The summed E-state index contributed by atoms with van der Waals surface area (Å²) in [6, 6.07) is 3.79. The van der Waals surface area contributed by atoms with Crippen LogP contribution >= 0.6 is 11.6 Å². The number of alkyl halides is 6. The van der Waals surface area contributed by atoms with Crippen LogP contribution in [0.1, 0.15) is 33.5 Å². The molecule has 0 aliphatic carbocycles. The lowest BCUT2D eigenvalue weighted by Gasteiger charge is -2.15. The molecule has 156 valence electrons. The summed E-state index contributed by atoms with van der Waals surface area (Å²) in [5, 5.41) is -0.696. The van der Waals surface area contributed by atoms with Gasteiger partial charge >= 0.3 is 18.3 Å². The summed E-state index contributed by atoms with van der Waals surface area (Å²) in [6.07, 6.45) is -10.4. The zero-order valence-corrected chi connectivity index (χ0v) is 15.0. The molecule has 29 heavy (non-hydrogen) atoms. The highest BCUT2D eigenvalue weighted by molar-refractivity contribution is 6.32. The molecule has 0 unspecified atom stereocenters. The van der Waals surface area contributed by atoms with Crippen molar-refractivity contribution in [3.63, 3.8) is 0 Å². The summed E-state index contributed by atoms with van der Waals surface area (Å²) in [5.41, 5.74) is 1.42. The van der Waals surface area contributed by atoms with Crippen molar-refractivity contribution in [1.82, 2.24) is 4.98 Å². The molecule has 0 radical (unpaired) electrons. The number of nitrogens with two attached hydrogens (primary N) is 1. The van der Waals surface area contributed by atoms with Gasteiger partial charge < -0.3 is 10.5 Å². The Balaban J connectivity index is 2.24. The smallest absolute Gasteiger partial charge is 0.405 e. The highest BCUT2D eigenvalue weighted by Gasteiger charge is 2.37. The van der Waals surface area contributed by atoms with Gasteiger partial charge in [-0.25, -0.2) is 4.98 Å². The number of hydrogen-bond donors (Lipinski definition) is 1. The Kier molecular flexibility index (Phi) is 6.53. The quantitative estimate of drug-likeness (QED) is 0.322. The number of pyridine rings is 1. The first-order valence-corrected chi connectivity index (χ1v) is 8.08. The average Bonchev–Trinajstić information content (AvgIpc) is 2.61. The van der Waals surface area contributed by atoms with E-state index >= 15 is 0 Å². The summed E-state index contributed by atoms with van der Waals surface area (Å²) in [7, 11) is 0. The number of carbonyl (C=O) groups is 2. The lowest BCUT2D eigenvalue weighted by Crippen LogP contribution is -2.19. The van der Waals surface area contributed by atoms with E-state index in [-0.39, 0.29) is 0 Å². The molecule has 1 heterocycles. The summed E-state index contributed by atoms with van der Waals surface area (Å²) < 4.78 is 82.3. The Morgan fingerprint density at radius 3 is 2.17 bits per heavy atom. The number of halogens is 7. The third kappa shape index (κ3) is 5.24. The molecule has 0 fully saturated rings. The zero-order valence-electron chi connectivity index (χ0n) is 14.2. The maximum absolute atomic E-state index is 13.0. The van der Waals surface area contributed by atoms with E-state index in [1.165, 1.54) is 6.07 Å². The highest BCUT2D eigenvalue weighted by Crippen LogP contribution is 2.38. The molecule has 2 N–H and O–H groups in total. The first-order chi connectivity index (χ1) is 13.4. The van der Waals surface area contributed by atoms with Gasteiger partial charge in [0.05, 0.1) is 11.1 Å². The monoisotopic (exact) mass is 440 g/mol. The SMILES string of the molecule is NCc1c(C(F)(F)F)cnc(OC(=O)CC(=O)c2ccccc2C(F)(F)F)c1Cl. The minimum absolute atomic E-state index is 0.345. The molecule has 0 aliphatic heterocycles. The van der Waals surface area contributed by atoms with E-state index in [0.29, 0.717) is 12.3 Å². The standard InChI is InChI=1S/C17H11ClF6N2O3/c18-14-9(6-25)11(17(22,23)24)7-26-15(14)29-13(28)5-12(27)8-3-1-2-4-10(8)16(19,20)21/h1-4,7H,5-6,25H2. The molecule has 1 aromatic heterocycles. The van der Waals surface area contributed by atoms with E-state index < -0.39 is 70.2 Å². The number of Topliss-reactive ketones (excluding diaryl/α,β-unsaturated/α-hetero) is 1. The van der Waals surface area contributed by atoms with E-state index in [9.17, 15) is 35.9 Å². The third-order valence-corrected chi connectivity index (χ3v) is 4.04.